The number of nitrogens with one attached hydrogen (secondary N) is 1. The Bertz CT molecular complexity index is 1090. The Kier molecular flexibility index (Phi) is 6.67. The van der Waals surface area contributed by atoms with E-state index in [1.807, 2.05) is 37.3 Å². The lowest BCUT2D eigenvalue weighted by atomic mass is 10.1. The van der Waals surface area contributed by atoms with Gasteiger partial charge in [-0.1, -0.05) is 48.5 Å². The maximum atomic E-state index is 12.9. The van der Waals surface area contributed by atoms with E-state index in [2.05, 4.69) is 11.3 Å². The summed E-state index contributed by atoms with van der Waals surface area (Å²) >= 11 is 0. The van der Waals surface area contributed by atoms with E-state index in [9.17, 15) is 18.5 Å². The van der Waals surface area contributed by atoms with Crippen molar-refractivity contribution in [2.45, 2.75) is 30.6 Å². The van der Waals surface area contributed by atoms with Gasteiger partial charge in [-0.25, -0.2) is 13.1 Å². The van der Waals surface area contributed by atoms with Gasteiger partial charge in [0.2, 0.25) is 15.9 Å². The van der Waals surface area contributed by atoms with Crippen molar-refractivity contribution in [2.24, 2.45) is 0 Å². The summed E-state index contributed by atoms with van der Waals surface area (Å²) in [5.41, 5.74) is 2.11. The molecule has 2 atom stereocenters. The van der Waals surface area contributed by atoms with Gasteiger partial charge < -0.3 is 9.64 Å². The van der Waals surface area contributed by atoms with Crippen LogP contribution in [-0.2, 0) is 26.2 Å². The van der Waals surface area contributed by atoms with Gasteiger partial charge in [0.1, 0.15) is 6.07 Å². The first kappa shape index (κ1) is 21.7. The van der Waals surface area contributed by atoms with Crippen LogP contribution in [0.1, 0.15) is 16.7 Å². The molecule has 0 bridgehead atoms. The highest BCUT2D eigenvalue weighted by atomic mass is 32.2. The predicted molar refractivity (Wildman–Crippen MR) is 112 cm³/mol. The highest BCUT2D eigenvalue weighted by molar-refractivity contribution is 7.89. The second kappa shape index (κ2) is 9.22. The normalized spacial score (nSPS) is 18.7. The molecule has 3 rings (SSSR count). The summed E-state index contributed by atoms with van der Waals surface area (Å²) in [6.07, 6.45) is 0.651. The van der Waals surface area contributed by atoms with Gasteiger partial charge in [0.25, 0.3) is 0 Å². The van der Waals surface area contributed by atoms with Crippen LogP contribution in [0.5, 0.6) is 0 Å². The third-order valence-electron chi connectivity index (χ3n) is 4.90. The van der Waals surface area contributed by atoms with Crippen LogP contribution < -0.4 is 4.72 Å². The molecule has 30 heavy (non-hydrogen) atoms. The zero-order valence-electron chi connectivity index (χ0n) is 16.6. The van der Waals surface area contributed by atoms with Gasteiger partial charge in [-0.2, -0.15) is 5.26 Å². The van der Waals surface area contributed by atoms with E-state index in [1.165, 1.54) is 23.1 Å². The summed E-state index contributed by atoms with van der Waals surface area (Å²) in [5, 5.41) is 9.24. The van der Waals surface area contributed by atoms with Gasteiger partial charge in [-0.05, 0) is 30.7 Å². The maximum Gasteiger partial charge on any atom is 0.246 e. The lowest BCUT2D eigenvalue weighted by Crippen LogP contribution is -2.44. The van der Waals surface area contributed by atoms with Gasteiger partial charge in [0.05, 0.1) is 29.2 Å². The summed E-state index contributed by atoms with van der Waals surface area (Å²) in [7, 11) is -3.98. The van der Waals surface area contributed by atoms with Crippen LogP contribution in [0, 0.1) is 18.3 Å². The summed E-state index contributed by atoms with van der Waals surface area (Å²) < 4.78 is 34.5. The van der Waals surface area contributed by atoms with Crippen molar-refractivity contribution in [1.82, 2.24) is 9.62 Å². The molecule has 1 amide bonds. The molecule has 0 aromatic heterocycles. The molecule has 0 radical (unpaired) electrons. The summed E-state index contributed by atoms with van der Waals surface area (Å²) in [6, 6.07) is 15.1. The Morgan fingerprint density at radius 1 is 1.30 bits per heavy atom. The SMILES string of the molecule is C=CC(=O)N1C[C@@H](NS(=O)(=O)c2ccccc2C#N)[C@H](OCc2cccc(C)c2)C1. The van der Waals surface area contributed by atoms with Crippen LogP contribution in [0.2, 0.25) is 0 Å². The minimum Gasteiger partial charge on any atom is -0.370 e. The number of hydrogen-bond donors (Lipinski definition) is 1. The quantitative estimate of drug-likeness (QED) is 0.685. The molecule has 1 saturated heterocycles. The molecular weight excluding hydrogens is 402 g/mol. The molecule has 1 aliphatic heterocycles. The minimum atomic E-state index is -3.98. The fourth-order valence-corrected chi connectivity index (χ4v) is 4.84. The number of likely N-dealkylation sites (tertiary alicyclic amines) is 1. The van der Waals surface area contributed by atoms with Crippen LogP contribution >= 0.6 is 0 Å². The van der Waals surface area contributed by atoms with Crippen LogP contribution in [0.3, 0.4) is 0 Å². The Morgan fingerprint density at radius 2 is 2.07 bits per heavy atom. The molecule has 2 aromatic rings. The molecule has 1 aliphatic rings. The summed E-state index contributed by atoms with van der Waals surface area (Å²) in [6.45, 7) is 6.15. The monoisotopic (exact) mass is 425 g/mol. The number of benzene rings is 2. The van der Waals surface area contributed by atoms with Gasteiger partial charge in [0, 0.05) is 13.1 Å². The molecule has 0 spiro atoms. The number of aryl methyl sites for hydroxylation is 1. The number of nitriles is 1. The fourth-order valence-electron chi connectivity index (χ4n) is 3.43. The molecule has 8 heteroatoms. The van der Waals surface area contributed by atoms with Gasteiger partial charge in [-0.15, -0.1) is 0 Å². The molecule has 0 saturated carbocycles. The van der Waals surface area contributed by atoms with Crippen molar-refractivity contribution in [1.29, 1.82) is 5.26 Å². The lowest BCUT2D eigenvalue weighted by molar-refractivity contribution is -0.125. The van der Waals surface area contributed by atoms with E-state index < -0.39 is 22.2 Å². The van der Waals surface area contributed by atoms with Crippen molar-refractivity contribution in [3.05, 3.63) is 77.9 Å². The van der Waals surface area contributed by atoms with Crippen molar-refractivity contribution in [3.63, 3.8) is 0 Å². The van der Waals surface area contributed by atoms with E-state index in [4.69, 9.17) is 4.74 Å². The van der Waals surface area contributed by atoms with Gasteiger partial charge in [-0.3, -0.25) is 4.79 Å². The van der Waals surface area contributed by atoms with Crippen LogP contribution in [0.4, 0.5) is 0 Å². The highest BCUT2D eigenvalue weighted by Crippen LogP contribution is 2.21. The second-order valence-corrected chi connectivity index (χ2v) is 8.80. The number of hydrogen-bond acceptors (Lipinski definition) is 5. The smallest absolute Gasteiger partial charge is 0.246 e. The maximum absolute atomic E-state index is 12.9. The first-order chi connectivity index (χ1) is 14.3. The van der Waals surface area contributed by atoms with E-state index in [1.54, 1.807) is 12.1 Å². The fraction of sp³-hybridized carbons (Fsp3) is 0.273. The van der Waals surface area contributed by atoms with Crippen LogP contribution in [-0.4, -0.2) is 44.5 Å². The number of amides is 1. The molecule has 1 heterocycles. The molecule has 0 unspecified atom stereocenters. The Hall–Kier alpha value is -2.99. The first-order valence-corrected chi connectivity index (χ1v) is 10.9. The number of ether oxygens (including phenoxy) is 1. The minimum absolute atomic E-state index is 0.0549. The van der Waals surface area contributed by atoms with Crippen LogP contribution in [0.25, 0.3) is 0 Å². The zero-order valence-corrected chi connectivity index (χ0v) is 17.4. The molecular formula is C22H23N3O4S. The van der Waals surface area contributed by atoms with Crippen molar-refractivity contribution in [2.75, 3.05) is 13.1 Å². The summed E-state index contributed by atoms with van der Waals surface area (Å²) in [4.78, 5) is 13.5. The predicted octanol–water partition coefficient (Wildman–Crippen LogP) is 2.13. The Balaban J connectivity index is 1.80. The van der Waals surface area contributed by atoms with Gasteiger partial charge >= 0.3 is 0 Å². The number of rotatable bonds is 7. The summed E-state index contributed by atoms with van der Waals surface area (Å²) in [5.74, 6) is -0.293. The van der Waals surface area contributed by atoms with E-state index in [0.29, 0.717) is 0 Å². The molecule has 0 aliphatic carbocycles. The first-order valence-electron chi connectivity index (χ1n) is 9.44. The standard InChI is InChI=1S/C22H23N3O4S/c1-3-22(26)25-13-19(20(14-25)29-15-17-8-6-7-16(2)11-17)24-30(27,28)21-10-5-4-9-18(21)12-23/h3-11,19-20,24H,1,13-15H2,2H3/t19-,20-/m1/s1. The van der Waals surface area contributed by atoms with Crippen molar-refractivity contribution < 1.29 is 17.9 Å². The second-order valence-electron chi connectivity index (χ2n) is 7.12. The molecule has 2 aromatic carbocycles. The zero-order chi connectivity index (χ0) is 21.7. The van der Waals surface area contributed by atoms with Gasteiger partial charge in [0.15, 0.2) is 0 Å². The van der Waals surface area contributed by atoms with Crippen LogP contribution in [0.15, 0.2) is 66.1 Å². The average Bonchev–Trinajstić information content (AvgIpc) is 3.13. The topological polar surface area (TPSA) is 99.5 Å². The highest BCUT2D eigenvalue weighted by Gasteiger charge is 2.38. The lowest BCUT2D eigenvalue weighted by Gasteiger charge is -2.20. The number of sulfonamides is 1. The van der Waals surface area contributed by atoms with E-state index >= 15 is 0 Å². The molecule has 1 fully saturated rings. The number of nitrogens with zero attached hydrogens (tertiary/aromatic N) is 2. The average molecular weight is 426 g/mol. The number of carbonyl (C=O) groups excluding carboxylic acids is 1. The van der Waals surface area contributed by atoms with E-state index in [0.717, 1.165) is 11.1 Å². The largest absolute Gasteiger partial charge is 0.370 e. The molecule has 1 N–H and O–H groups in total. The van der Waals surface area contributed by atoms with E-state index in [-0.39, 0.29) is 36.1 Å². The number of carbonyl (C=O) groups is 1. The molecule has 156 valence electrons. The third-order valence-corrected chi connectivity index (χ3v) is 6.45. The van der Waals surface area contributed by atoms with Crippen molar-refractivity contribution in [3.8, 4) is 6.07 Å². The third kappa shape index (κ3) is 4.94. The Labute approximate surface area is 176 Å². The molecule has 7 nitrogen and oxygen atoms in total. The Morgan fingerprint density at radius 3 is 2.77 bits per heavy atom. The van der Waals surface area contributed by atoms with Crippen molar-refractivity contribution >= 4 is 15.9 Å².